The van der Waals surface area contributed by atoms with Gasteiger partial charge in [0.2, 0.25) is 0 Å². The summed E-state index contributed by atoms with van der Waals surface area (Å²) in [5.74, 6) is 0.0548. The molecule has 8 heteroatoms. The molecular weight excluding hydrogens is 444 g/mol. The summed E-state index contributed by atoms with van der Waals surface area (Å²) in [5.41, 5.74) is 6.71. The van der Waals surface area contributed by atoms with Gasteiger partial charge in [-0.1, -0.05) is 0 Å². The molecule has 0 aliphatic heterocycles. The van der Waals surface area contributed by atoms with Gasteiger partial charge in [0.25, 0.3) is 5.91 Å². The third kappa shape index (κ3) is 3.52. The molecule has 0 spiro atoms. The van der Waals surface area contributed by atoms with Crippen molar-refractivity contribution in [3.8, 4) is 0 Å². The van der Waals surface area contributed by atoms with Gasteiger partial charge in [-0.15, -0.1) is 0 Å². The topological polar surface area (TPSA) is 80.9 Å². The van der Waals surface area contributed by atoms with Crippen LogP contribution in [0.25, 0.3) is 0 Å². The van der Waals surface area contributed by atoms with Crippen molar-refractivity contribution in [2.75, 3.05) is 11.1 Å². The first-order valence-corrected chi connectivity index (χ1v) is 7.39. The number of nitrogens with zero attached hydrogens (tertiary/aromatic N) is 2. The summed E-state index contributed by atoms with van der Waals surface area (Å²) >= 11 is 9.69. The number of hydrogen-bond acceptors (Lipinski definition) is 4. The highest BCUT2D eigenvalue weighted by Gasteiger charge is 2.11. The van der Waals surface area contributed by atoms with E-state index in [2.05, 4.69) is 63.1 Å². The van der Waals surface area contributed by atoms with Gasteiger partial charge in [-0.05, 0) is 66.0 Å². The molecule has 0 radical (unpaired) electrons. The zero-order chi connectivity index (χ0) is 14.0. The number of carbonyl (C=O) groups is 1. The molecule has 1 aromatic heterocycles. The number of nitrogen functional groups attached to an aromatic ring is 1. The molecule has 3 N–H and O–H groups in total. The first kappa shape index (κ1) is 14.4. The lowest BCUT2D eigenvalue weighted by atomic mass is 10.2. The molecule has 0 aliphatic carbocycles. The van der Waals surface area contributed by atoms with E-state index in [-0.39, 0.29) is 5.91 Å². The van der Waals surface area contributed by atoms with Crippen LogP contribution in [0.4, 0.5) is 11.5 Å². The van der Waals surface area contributed by atoms with Gasteiger partial charge < -0.3 is 11.1 Å². The molecule has 1 aromatic carbocycles. The van der Waals surface area contributed by atoms with Gasteiger partial charge >= 0.3 is 0 Å². The minimum absolute atomic E-state index is 0.293. The number of benzene rings is 1. The second-order valence-electron chi connectivity index (χ2n) is 3.52. The Balaban J connectivity index is 2.23. The number of halogens is 3. The summed E-state index contributed by atoms with van der Waals surface area (Å²) in [7, 11) is 0. The van der Waals surface area contributed by atoms with Crippen LogP contribution in [0.5, 0.6) is 0 Å². The van der Waals surface area contributed by atoms with E-state index in [9.17, 15) is 4.79 Å². The Kier molecular flexibility index (Phi) is 4.54. The maximum atomic E-state index is 12.0. The third-order valence-corrected chi connectivity index (χ3v) is 3.82. The third-order valence-electron chi connectivity index (χ3n) is 2.20. The van der Waals surface area contributed by atoms with E-state index in [0.29, 0.717) is 30.7 Å². The zero-order valence-electron chi connectivity index (χ0n) is 9.32. The molecule has 2 aromatic rings. The van der Waals surface area contributed by atoms with Crippen molar-refractivity contribution >= 4 is 65.2 Å². The van der Waals surface area contributed by atoms with Crippen LogP contribution < -0.4 is 11.1 Å². The van der Waals surface area contributed by atoms with E-state index in [0.717, 1.165) is 0 Å². The quantitative estimate of drug-likeness (QED) is 0.685. The van der Waals surface area contributed by atoms with E-state index in [1.165, 1.54) is 6.20 Å². The first-order valence-electron chi connectivity index (χ1n) is 5.02. The second kappa shape index (κ2) is 5.98. The molecule has 1 amide bonds. The Labute approximate surface area is 134 Å². The summed E-state index contributed by atoms with van der Waals surface area (Å²) in [6.45, 7) is 0. The number of aromatic nitrogens is 2. The Hall–Kier alpha value is -0.990. The van der Waals surface area contributed by atoms with E-state index in [4.69, 9.17) is 5.73 Å². The van der Waals surface area contributed by atoms with Crippen molar-refractivity contribution in [1.82, 2.24) is 9.97 Å². The second-order valence-corrected chi connectivity index (χ2v) is 5.94. The maximum absolute atomic E-state index is 12.0. The number of nitrogens with one attached hydrogen (secondary N) is 1. The summed E-state index contributed by atoms with van der Waals surface area (Å²) in [5, 5.41) is 2.66. The standard InChI is InChI=1S/C11H7Br3N4O/c12-6-3-5(1-2-7(6)15)11(19)18-10-9(14)17-8(13)4-16-10/h1-4H,15H2,(H,16,18,19). The van der Waals surface area contributed by atoms with Gasteiger partial charge in [-0.2, -0.15) is 0 Å². The van der Waals surface area contributed by atoms with E-state index in [1.54, 1.807) is 18.2 Å². The zero-order valence-corrected chi connectivity index (χ0v) is 14.1. The van der Waals surface area contributed by atoms with Crippen molar-refractivity contribution in [3.63, 3.8) is 0 Å². The number of carbonyl (C=O) groups excluding carboxylic acids is 1. The normalized spacial score (nSPS) is 10.3. The van der Waals surface area contributed by atoms with Crippen molar-refractivity contribution in [3.05, 3.63) is 43.6 Å². The fourth-order valence-electron chi connectivity index (χ4n) is 1.28. The summed E-state index contributed by atoms with van der Waals surface area (Å²) in [4.78, 5) is 20.2. The molecule has 5 nitrogen and oxygen atoms in total. The lowest BCUT2D eigenvalue weighted by Crippen LogP contribution is -2.14. The number of hydrogen-bond donors (Lipinski definition) is 2. The average molecular weight is 451 g/mol. The number of anilines is 2. The number of nitrogens with two attached hydrogens (primary N) is 1. The van der Waals surface area contributed by atoms with Crippen LogP contribution in [0.15, 0.2) is 38.1 Å². The molecule has 1 heterocycles. The smallest absolute Gasteiger partial charge is 0.256 e. The van der Waals surface area contributed by atoms with Gasteiger partial charge in [0.1, 0.15) is 9.21 Å². The maximum Gasteiger partial charge on any atom is 0.256 e. The van der Waals surface area contributed by atoms with Crippen molar-refractivity contribution in [2.45, 2.75) is 0 Å². The molecule has 0 atom stereocenters. The van der Waals surface area contributed by atoms with Crippen LogP contribution in [-0.2, 0) is 0 Å². The van der Waals surface area contributed by atoms with Crippen LogP contribution in [0, 0.1) is 0 Å². The van der Waals surface area contributed by atoms with Crippen molar-refractivity contribution in [1.29, 1.82) is 0 Å². The van der Waals surface area contributed by atoms with Crippen LogP contribution in [0.3, 0.4) is 0 Å². The lowest BCUT2D eigenvalue weighted by Gasteiger charge is -2.07. The predicted molar refractivity (Wildman–Crippen MR) is 83.9 cm³/mol. The molecule has 2 rings (SSSR count). The minimum atomic E-state index is -0.293. The molecule has 0 fully saturated rings. The van der Waals surface area contributed by atoms with Crippen LogP contribution in [-0.4, -0.2) is 15.9 Å². The highest BCUT2D eigenvalue weighted by atomic mass is 79.9. The lowest BCUT2D eigenvalue weighted by molar-refractivity contribution is 0.102. The van der Waals surface area contributed by atoms with Gasteiger partial charge in [0.05, 0.1) is 6.20 Å². The Morgan fingerprint density at radius 1 is 1.26 bits per heavy atom. The predicted octanol–water partition coefficient (Wildman–Crippen LogP) is 3.60. The van der Waals surface area contributed by atoms with Crippen LogP contribution >= 0.6 is 47.8 Å². The highest BCUT2D eigenvalue weighted by Crippen LogP contribution is 2.23. The average Bonchev–Trinajstić information content (AvgIpc) is 2.36. The Bertz CT molecular complexity index is 648. The van der Waals surface area contributed by atoms with E-state index in [1.807, 2.05) is 0 Å². The molecule has 19 heavy (non-hydrogen) atoms. The number of rotatable bonds is 2. The minimum Gasteiger partial charge on any atom is -0.398 e. The Morgan fingerprint density at radius 2 is 2.00 bits per heavy atom. The monoisotopic (exact) mass is 448 g/mol. The van der Waals surface area contributed by atoms with E-state index < -0.39 is 0 Å². The molecule has 0 bridgehead atoms. The molecule has 0 aliphatic rings. The molecule has 0 saturated heterocycles. The van der Waals surface area contributed by atoms with Crippen molar-refractivity contribution < 1.29 is 4.79 Å². The van der Waals surface area contributed by atoms with Crippen LogP contribution in [0.1, 0.15) is 10.4 Å². The molecule has 0 unspecified atom stereocenters. The van der Waals surface area contributed by atoms with E-state index >= 15 is 0 Å². The van der Waals surface area contributed by atoms with Gasteiger partial charge in [-0.25, -0.2) is 9.97 Å². The van der Waals surface area contributed by atoms with Crippen molar-refractivity contribution in [2.24, 2.45) is 0 Å². The van der Waals surface area contributed by atoms with Gasteiger partial charge in [0, 0.05) is 15.7 Å². The Morgan fingerprint density at radius 3 is 2.63 bits per heavy atom. The summed E-state index contributed by atoms with van der Waals surface area (Å²) in [6, 6.07) is 4.93. The SMILES string of the molecule is Nc1ccc(C(=O)Nc2ncc(Br)nc2Br)cc1Br. The fourth-order valence-corrected chi connectivity index (χ4v) is 2.57. The highest BCUT2D eigenvalue weighted by molar-refractivity contribution is 9.11. The molecule has 0 saturated carbocycles. The first-order chi connectivity index (χ1) is 8.97. The van der Waals surface area contributed by atoms with Gasteiger partial charge in [-0.3, -0.25) is 4.79 Å². The molecule has 98 valence electrons. The largest absolute Gasteiger partial charge is 0.398 e. The molecular formula is C11H7Br3N4O. The summed E-state index contributed by atoms with van der Waals surface area (Å²) in [6.07, 6.45) is 1.50. The fraction of sp³-hybridized carbons (Fsp3) is 0. The van der Waals surface area contributed by atoms with Crippen LogP contribution in [0.2, 0.25) is 0 Å². The summed E-state index contributed by atoms with van der Waals surface area (Å²) < 4.78 is 1.69. The van der Waals surface area contributed by atoms with Gasteiger partial charge in [0.15, 0.2) is 5.82 Å². The number of amides is 1.